The average Bonchev–Trinajstić information content (AvgIpc) is 2.85. The molecule has 2 aromatic rings. The highest BCUT2D eigenvalue weighted by Crippen LogP contribution is 2.27. The number of nitrogens with zero attached hydrogens (tertiary/aromatic N) is 1. The third kappa shape index (κ3) is 7.12. The van der Waals surface area contributed by atoms with E-state index in [0.717, 1.165) is 12.8 Å². The Labute approximate surface area is 204 Å². The largest absolute Gasteiger partial charge is 0.464 e. The Morgan fingerprint density at radius 1 is 1.18 bits per heavy atom. The maximum Gasteiger partial charge on any atom is 0.325 e. The maximum absolute atomic E-state index is 13.1. The number of aryl methyl sites for hydroxylation is 1. The van der Waals surface area contributed by atoms with E-state index >= 15 is 0 Å². The summed E-state index contributed by atoms with van der Waals surface area (Å²) in [7, 11) is -2.34. The summed E-state index contributed by atoms with van der Waals surface area (Å²) in [6, 6.07) is 13.9. The number of thioether (sulfide) groups is 1. The van der Waals surface area contributed by atoms with Crippen molar-refractivity contribution in [1.29, 1.82) is 0 Å². The van der Waals surface area contributed by atoms with Gasteiger partial charge >= 0.3 is 16.2 Å². The van der Waals surface area contributed by atoms with E-state index in [1.54, 1.807) is 25.2 Å². The molecule has 0 aliphatic carbocycles. The molecular formula is C23H30N4O5S2. The minimum Gasteiger partial charge on any atom is -0.464 e. The minimum atomic E-state index is -4.00. The van der Waals surface area contributed by atoms with Crippen LogP contribution in [0.5, 0.6) is 0 Å². The van der Waals surface area contributed by atoms with Gasteiger partial charge in [0.05, 0.1) is 23.7 Å². The van der Waals surface area contributed by atoms with Crippen LogP contribution in [-0.4, -0.2) is 62.8 Å². The van der Waals surface area contributed by atoms with E-state index in [1.807, 2.05) is 18.2 Å². The number of hydrogen-bond donors (Lipinski definition) is 3. The van der Waals surface area contributed by atoms with Crippen molar-refractivity contribution >= 4 is 51.4 Å². The molecule has 1 unspecified atom stereocenters. The van der Waals surface area contributed by atoms with Crippen LogP contribution in [0.25, 0.3) is 0 Å². The summed E-state index contributed by atoms with van der Waals surface area (Å²) < 4.78 is 35.4. The molecule has 0 saturated carbocycles. The third-order valence-corrected chi connectivity index (χ3v) is 7.93. The van der Waals surface area contributed by atoms with E-state index < -0.39 is 22.2 Å². The van der Waals surface area contributed by atoms with Crippen LogP contribution in [0, 0.1) is 0 Å². The van der Waals surface area contributed by atoms with Crippen molar-refractivity contribution in [3.05, 3.63) is 54.1 Å². The highest BCUT2D eigenvalue weighted by atomic mass is 32.2. The van der Waals surface area contributed by atoms with Gasteiger partial charge in [0.1, 0.15) is 6.04 Å². The number of rotatable bonds is 12. The van der Waals surface area contributed by atoms with E-state index in [0.29, 0.717) is 41.4 Å². The summed E-state index contributed by atoms with van der Waals surface area (Å²) in [4.78, 5) is 23.5. The lowest BCUT2D eigenvalue weighted by Crippen LogP contribution is -2.52. The van der Waals surface area contributed by atoms with Crippen LogP contribution in [0.4, 0.5) is 17.1 Å². The van der Waals surface area contributed by atoms with Gasteiger partial charge in [-0.3, -0.25) is 14.3 Å². The van der Waals surface area contributed by atoms with E-state index in [-0.39, 0.29) is 13.2 Å². The van der Waals surface area contributed by atoms with E-state index in [1.165, 1.54) is 21.6 Å². The van der Waals surface area contributed by atoms with Crippen molar-refractivity contribution in [2.75, 3.05) is 47.1 Å². The van der Waals surface area contributed by atoms with Crippen LogP contribution in [0.3, 0.4) is 0 Å². The summed E-state index contributed by atoms with van der Waals surface area (Å²) in [6.45, 7) is 0.461. The van der Waals surface area contributed by atoms with Gasteiger partial charge in [0.2, 0.25) is 6.41 Å². The standard InChI is InChI=1S/C23H30N4O5S2/c1-24-21-15-19(10-11-20(21)25-17-28)26-34(30,31)27-12-14-33-16-22(27)23(29)32-13-6-5-9-18-7-3-2-4-8-18/h2-4,7-8,10-11,15,17,22,24,26H,5-6,9,12-14,16H2,1H3,(H,25,28). The molecule has 9 nitrogen and oxygen atoms in total. The number of carbonyl (C=O) groups is 2. The fourth-order valence-corrected chi connectivity index (χ4v) is 6.23. The molecule has 1 saturated heterocycles. The Kier molecular flexibility index (Phi) is 9.61. The fraction of sp³-hybridized carbons (Fsp3) is 0.391. The predicted octanol–water partition coefficient (Wildman–Crippen LogP) is 2.94. The van der Waals surface area contributed by atoms with Gasteiger partial charge in [-0.15, -0.1) is 0 Å². The molecule has 34 heavy (non-hydrogen) atoms. The quantitative estimate of drug-likeness (QED) is 0.230. The maximum atomic E-state index is 13.1. The summed E-state index contributed by atoms with van der Waals surface area (Å²) >= 11 is 1.53. The summed E-state index contributed by atoms with van der Waals surface area (Å²) in [6.07, 6.45) is 3.03. The van der Waals surface area contributed by atoms with Gasteiger partial charge in [-0.25, -0.2) is 0 Å². The SMILES string of the molecule is CNc1cc(NS(=O)(=O)N2CCSCC2C(=O)OCCCCc2ccccc2)ccc1NC=O. The van der Waals surface area contributed by atoms with E-state index in [9.17, 15) is 18.0 Å². The molecule has 11 heteroatoms. The highest BCUT2D eigenvalue weighted by molar-refractivity contribution is 7.99. The second-order valence-electron chi connectivity index (χ2n) is 7.69. The van der Waals surface area contributed by atoms with Crippen LogP contribution in [-0.2, 0) is 31.0 Å². The number of hydrogen-bond acceptors (Lipinski definition) is 7. The lowest BCUT2D eigenvalue weighted by atomic mass is 10.1. The first-order valence-corrected chi connectivity index (χ1v) is 13.6. The molecule has 0 aromatic heterocycles. The molecule has 184 valence electrons. The predicted molar refractivity (Wildman–Crippen MR) is 136 cm³/mol. The smallest absolute Gasteiger partial charge is 0.325 e. The van der Waals surface area contributed by atoms with Gasteiger partial charge in [-0.2, -0.15) is 24.5 Å². The van der Waals surface area contributed by atoms with Gasteiger partial charge in [0.25, 0.3) is 0 Å². The molecule has 1 aliphatic rings. The number of nitrogens with one attached hydrogen (secondary N) is 3. The molecule has 1 atom stereocenters. The van der Waals surface area contributed by atoms with Crippen molar-refractivity contribution < 1.29 is 22.7 Å². The molecule has 3 rings (SSSR count). The van der Waals surface area contributed by atoms with Gasteiger partial charge in [-0.05, 0) is 43.0 Å². The van der Waals surface area contributed by atoms with Crippen molar-refractivity contribution in [2.45, 2.75) is 25.3 Å². The topological polar surface area (TPSA) is 117 Å². The highest BCUT2D eigenvalue weighted by Gasteiger charge is 2.38. The van der Waals surface area contributed by atoms with E-state index in [2.05, 4.69) is 27.5 Å². The molecule has 0 spiro atoms. The van der Waals surface area contributed by atoms with Crippen molar-refractivity contribution in [1.82, 2.24) is 4.31 Å². The Morgan fingerprint density at radius 2 is 1.97 bits per heavy atom. The molecule has 1 fully saturated rings. The van der Waals surface area contributed by atoms with Crippen molar-refractivity contribution in [2.24, 2.45) is 0 Å². The van der Waals surface area contributed by atoms with Gasteiger partial charge in [0, 0.05) is 25.1 Å². The lowest BCUT2D eigenvalue weighted by Gasteiger charge is -2.32. The molecule has 2 aromatic carbocycles. The Bertz CT molecular complexity index is 1070. The number of anilines is 3. The number of esters is 1. The first-order valence-electron chi connectivity index (χ1n) is 11.0. The zero-order chi connectivity index (χ0) is 24.4. The molecule has 3 N–H and O–H groups in total. The molecule has 1 amide bonds. The summed E-state index contributed by atoms with van der Waals surface area (Å²) in [5, 5.41) is 5.46. The monoisotopic (exact) mass is 506 g/mol. The summed E-state index contributed by atoms with van der Waals surface area (Å²) in [5.41, 5.74) is 2.61. The molecule has 0 bridgehead atoms. The normalized spacial score (nSPS) is 16.4. The zero-order valence-electron chi connectivity index (χ0n) is 19.0. The molecule has 1 aliphatic heterocycles. The molecule has 0 radical (unpaired) electrons. The number of carbonyl (C=O) groups excluding carboxylic acids is 2. The van der Waals surface area contributed by atoms with Crippen LogP contribution in [0.2, 0.25) is 0 Å². The molecule has 1 heterocycles. The zero-order valence-corrected chi connectivity index (χ0v) is 20.7. The van der Waals surface area contributed by atoms with Crippen LogP contribution in [0.1, 0.15) is 18.4 Å². The lowest BCUT2D eigenvalue weighted by molar-refractivity contribution is -0.147. The summed E-state index contributed by atoms with van der Waals surface area (Å²) in [5.74, 6) is 0.401. The fourth-order valence-electron chi connectivity index (χ4n) is 3.62. The first-order chi connectivity index (χ1) is 16.4. The van der Waals surface area contributed by atoms with Crippen LogP contribution in [0.15, 0.2) is 48.5 Å². The Morgan fingerprint density at radius 3 is 2.71 bits per heavy atom. The number of amides is 1. The van der Waals surface area contributed by atoms with Crippen LogP contribution >= 0.6 is 11.8 Å². The second kappa shape index (κ2) is 12.6. The Hall–Kier alpha value is -2.76. The van der Waals surface area contributed by atoms with Gasteiger partial charge in [0.15, 0.2) is 0 Å². The second-order valence-corrected chi connectivity index (χ2v) is 10.5. The van der Waals surface area contributed by atoms with Crippen molar-refractivity contribution in [3.8, 4) is 0 Å². The molecular weight excluding hydrogens is 476 g/mol. The van der Waals surface area contributed by atoms with E-state index in [4.69, 9.17) is 4.74 Å². The average molecular weight is 507 g/mol. The number of benzene rings is 2. The number of ether oxygens (including phenoxy) is 1. The Balaban J connectivity index is 1.58. The third-order valence-electron chi connectivity index (χ3n) is 5.36. The minimum absolute atomic E-state index is 0.206. The van der Waals surface area contributed by atoms with Crippen LogP contribution < -0.4 is 15.4 Å². The number of unbranched alkanes of at least 4 members (excludes halogenated alkanes) is 1. The van der Waals surface area contributed by atoms with Gasteiger partial charge in [-0.1, -0.05) is 30.3 Å². The van der Waals surface area contributed by atoms with Crippen molar-refractivity contribution in [3.63, 3.8) is 0 Å². The first kappa shape index (κ1) is 25.9. The van der Waals surface area contributed by atoms with Gasteiger partial charge < -0.3 is 15.4 Å².